The number of nitriles is 1. The summed E-state index contributed by atoms with van der Waals surface area (Å²) in [5, 5.41) is 33.4. The van der Waals surface area contributed by atoms with Crippen molar-refractivity contribution in [3.8, 4) is 17.6 Å². The van der Waals surface area contributed by atoms with Crippen LogP contribution in [0.3, 0.4) is 0 Å². The number of rotatable bonds is 3. The minimum atomic E-state index is -0.798. The molecule has 0 aromatic carbocycles. The van der Waals surface area contributed by atoms with Gasteiger partial charge in [-0.3, -0.25) is 4.90 Å². The molecule has 12 heteroatoms. The van der Waals surface area contributed by atoms with Gasteiger partial charge in [-0.2, -0.15) is 10.4 Å². The highest BCUT2D eigenvalue weighted by Crippen LogP contribution is 2.55. The van der Waals surface area contributed by atoms with Crippen LogP contribution in [0, 0.1) is 11.3 Å². The number of nitrogens with zero attached hydrogens (tertiary/aromatic N) is 8. The highest BCUT2D eigenvalue weighted by atomic mass is 32.1. The number of fused-ring (bicyclic) bond motifs is 7. The van der Waals surface area contributed by atoms with Crippen LogP contribution in [-0.2, 0) is 24.7 Å². The number of anilines is 2. The van der Waals surface area contributed by atoms with Crippen LogP contribution in [0.1, 0.15) is 124 Å². The average molecular weight is 680 g/mol. The Bertz CT molecular complexity index is 2040. The van der Waals surface area contributed by atoms with Gasteiger partial charge < -0.3 is 20.3 Å². The van der Waals surface area contributed by atoms with Gasteiger partial charge in [-0.25, -0.2) is 14.6 Å². The molecule has 256 valence electrons. The number of thiophene rings is 1. The third-order valence-corrected chi connectivity index (χ3v) is 14.6. The van der Waals surface area contributed by atoms with Gasteiger partial charge in [-0.1, -0.05) is 5.16 Å². The second-order valence-electron chi connectivity index (χ2n) is 16.2. The quantitative estimate of drug-likeness (QED) is 0.272. The Morgan fingerprint density at radius 3 is 2.63 bits per heavy atom. The summed E-state index contributed by atoms with van der Waals surface area (Å²) in [5.74, 6) is 2.32. The zero-order valence-corrected chi connectivity index (χ0v) is 29.4. The molecule has 0 unspecified atom stereocenters. The number of piperidine rings is 1. The minimum Gasteiger partial charge on any atom is -0.389 e. The molecule has 3 saturated heterocycles. The Hall–Kier alpha value is -3.53. The fraction of sp³-hybridized carbons (Fsp3) is 0.649. The molecule has 0 bridgehead atoms. The zero-order chi connectivity index (χ0) is 33.3. The molecule has 49 heavy (non-hydrogen) atoms. The van der Waals surface area contributed by atoms with Crippen molar-refractivity contribution in [2.75, 3.05) is 30.3 Å². The summed E-state index contributed by atoms with van der Waals surface area (Å²) >= 11 is 1.56. The van der Waals surface area contributed by atoms with Crippen LogP contribution in [0.5, 0.6) is 0 Å². The summed E-state index contributed by atoms with van der Waals surface area (Å²) in [5.41, 5.74) is 10.7. The van der Waals surface area contributed by atoms with Crippen molar-refractivity contribution in [1.82, 2.24) is 29.8 Å². The van der Waals surface area contributed by atoms with Gasteiger partial charge >= 0.3 is 0 Å². The second-order valence-corrected chi connectivity index (χ2v) is 17.3. The van der Waals surface area contributed by atoms with E-state index in [0.29, 0.717) is 28.6 Å². The SMILES string of the molecule is C[C@H](n1nc2c3c(nc(-c4noc5c4CCC[C@@]54CCCc5sc(N)c(C#N)c54)nc31)N1C[C@](C)(O)CC[C@@H]1CC2)C12CCCN1CCC2. The first kappa shape index (κ1) is 30.3. The van der Waals surface area contributed by atoms with Crippen LogP contribution >= 0.6 is 11.3 Å². The van der Waals surface area contributed by atoms with Gasteiger partial charge in [0.1, 0.15) is 16.9 Å². The van der Waals surface area contributed by atoms with Crippen LogP contribution in [0.15, 0.2) is 4.52 Å². The van der Waals surface area contributed by atoms with E-state index in [4.69, 9.17) is 30.5 Å². The van der Waals surface area contributed by atoms with Gasteiger partial charge in [-0.15, -0.1) is 11.3 Å². The van der Waals surface area contributed by atoms with E-state index in [1.54, 1.807) is 11.3 Å². The number of nitrogens with two attached hydrogens (primary N) is 1. The molecule has 0 radical (unpaired) electrons. The summed E-state index contributed by atoms with van der Waals surface area (Å²) in [6, 6.07) is 2.89. The third kappa shape index (κ3) is 4.12. The number of hydrogen-bond acceptors (Lipinski definition) is 11. The molecule has 8 heterocycles. The van der Waals surface area contributed by atoms with Gasteiger partial charge in [0.2, 0.25) is 0 Å². The largest absolute Gasteiger partial charge is 0.389 e. The van der Waals surface area contributed by atoms with Gasteiger partial charge in [-0.05, 0) is 122 Å². The number of nitrogen functional groups attached to an aromatic ring is 1. The Morgan fingerprint density at radius 2 is 1.84 bits per heavy atom. The topological polar surface area (TPSA) is 146 Å². The van der Waals surface area contributed by atoms with Crippen molar-refractivity contribution in [2.24, 2.45) is 0 Å². The fourth-order valence-electron chi connectivity index (χ4n) is 11.2. The maximum absolute atomic E-state index is 11.4. The Balaban J connectivity index is 1.18. The van der Waals surface area contributed by atoms with Gasteiger partial charge in [0.15, 0.2) is 22.9 Å². The van der Waals surface area contributed by atoms with E-state index < -0.39 is 11.0 Å². The van der Waals surface area contributed by atoms with E-state index in [9.17, 15) is 10.4 Å². The molecule has 4 aromatic rings. The summed E-state index contributed by atoms with van der Waals surface area (Å²) in [6.07, 6.45) is 14.0. The minimum absolute atomic E-state index is 0.0991. The van der Waals surface area contributed by atoms with E-state index in [0.717, 1.165) is 117 Å². The molecule has 2 aliphatic carbocycles. The van der Waals surface area contributed by atoms with E-state index in [1.807, 2.05) is 6.92 Å². The molecule has 3 fully saturated rings. The number of aryl methyl sites for hydroxylation is 2. The average Bonchev–Trinajstić information content (AvgIpc) is 3.89. The summed E-state index contributed by atoms with van der Waals surface area (Å²) < 4.78 is 8.66. The van der Waals surface area contributed by atoms with E-state index >= 15 is 0 Å². The zero-order valence-electron chi connectivity index (χ0n) is 28.6. The molecule has 0 saturated carbocycles. The highest BCUT2D eigenvalue weighted by molar-refractivity contribution is 7.16. The lowest BCUT2D eigenvalue weighted by Crippen LogP contribution is -2.51. The van der Waals surface area contributed by atoms with Gasteiger partial charge in [0, 0.05) is 28.6 Å². The molecule has 0 amide bonds. The lowest BCUT2D eigenvalue weighted by atomic mass is 9.63. The highest BCUT2D eigenvalue weighted by Gasteiger charge is 2.51. The lowest BCUT2D eigenvalue weighted by molar-refractivity contribution is 0.0357. The van der Waals surface area contributed by atoms with E-state index in [2.05, 4.69) is 27.5 Å². The Morgan fingerprint density at radius 1 is 1.04 bits per heavy atom. The van der Waals surface area contributed by atoms with Crippen molar-refractivity contribution < 1.29 is 9.63 Å². The van der Waals surface area contributed by atoms with E-state index in [1.165, 1.54) is 30.6 Å². The fourth-order valence-corrected chi connectivity index (χ4v) is 12.3. The molecule has 1 spiro atoms. The van der Waals surface area contributed by atoms with Crippen molar-refractivity contribution >= 4 is 33.2 Å². The maximum atomic E-state index is 11.4. The molecule has 4 aliphatic heterocycles. The predicted octanol–water partition coefficient (Wildman–Crippen LogP) is 5.81. The first-order chi connectivity index (χ1) is 23.7. The molecule has 4 atom stereocenters. The molecule has 10 rings (SSSR count). The van der Waals surface area contributed by atoms with Crippen LogP contribution in [0.4, 0.5) is 10.8 Å². The summed E-state index contributed by atoms with van der Waals surface area (Å²) in [4.78, 5) is 17.1. The summed E-state index contributed by atoms with van der Waals surface area (Å²) in [6.45, 7) is 7.14. The number of aromatic nitrogens is 5. The van der Waals surface area contributed by atoms with Crippen LogP contribution in [0.25, 0.3) is 22.6 Å². The molecule has 6 aliphatic rings. The first-order valence-electron chi connectivity index (χ1n) is 18.6. The predicted molar refractivity (Wildman–Crippen MR) is 188 cm³/mol. The normalized spacial score (nSPS) is 29.3. The van der Waals surface area contributed by atoms with Crippen molar-refractivity contribution in [3.05, 3.63) is 33.0 Å². The lowest BCUT2D eigenvalue weighted by Gasteiger charge is -2.43. The maximum Gasteiger partial charge on any atom is 0.186 e. The number of aliphatic hydroxyl groups is 1. The van der Waals surface area contributed by atoms with Crippen LogP contribution < -0.4 is 10.6 Å². The molecule has 11 nitrogen and oxygen atoms in total. The monoisotopic (exact) mass is 679 g/mol. The van der Waals surface area contributed by atoms with Crippen LogP contribution in [-0.4, -0.2) is 71.7 Å². The van der Waals surface area contributed by atoms with Crippen molar-refractivity contribution in [3.63, 3.8) is 0 Å². The molecule has 4 aromatic heterocycles. The molecular weight excluding hydrogens is 635 g/mol. The molecular formula is C37H45N9O2S. The molecule has 3 N–H and O–H groups in total. The number of hydrogen-bond donors (Lipinski definition) is 2. The Kier molecular flexibility index (Phi) is 6.49. The van der Waals surface area contributed by atoms with Crippen LogP contribution in [0.2, 0.25) is 0 Å². The second kappa shape index (κ2) is 10.5. The standard InChI is InChI=1S/C37H45N9O2S/c1-21(37-14-5-17-44(37)18-6-15-37)46-34-27-25(42-46)10-9-22-11-16-35(2,47)20-45(22)33(27)40-32(41-34)29-23-7-3-12-36(30(23)48-43-29)13-4-8-26-28(36)24(19-38)31(39)49-26/h21-22,47H,3-18,20,39H2,1-2H3/t21-,22-,35+,36-/m0/s1. The Labute approximate surface area is 290 Å². The smallest absolute Gasteiger partial charge is 0.186 e. The first-order valence-corrected chi connectivity index (χ1v) is 19.4. The van der Waals surface area contributed by atoms with Crippen molar-refractivity contribution in [2.45, 2.75) is 132 Å². The van der Waals surface area contributed by atoms with Gasteiger partial charge in [0.25, 0.3) is 0 Å². The summed E-state index contributed by atoms with van der Waals surface area (Å²) in [7, 11) is 0. The van der Waals surface area contributed by atoms with Gasteiger partial charge in [0.05, 0.1) is 33.7 Å². The van der Waals surface area contributed by atoms with E-state index in [-0.39, 0.29) is 17.6 Å². The van der Waals surface area contributed by atoms with Crippen molar-refractivity contribution in [1.29, 1.82) is 5.26 Å². The third-order valence-electron chi connectivity index (χ3n) is 13.5.